The molecule has 2 amide bonds. The number of amides is 2. The van der Waals surface area contributed by atoms with E-state index in [0.717, 1.165) is 36.8 Å². The van der Waals surface area contributed by atoms with Crippen LogP contribution in [0.4, 0.5) is 0 Å². The molecule has 370 valence electrons. The second kappa shape index (κ2) is 19.4. The topological polar surface area (TPSA) is 261 Å². The third-order valence-electron chi connectivity index (χ3n) is 14.1. The molecule has 0 aromatic heterocycles. The highest BCUT2D eigenvalue weighted by molar-refractivity contribution is 5.95. The van der Waals surface area contributed by atoms with Crippen LogP contribution in [-0.2, 0) is 60.7 Å². The molecule has 0 spiro atoms. The van der Waals surface area contributed by atoms with Crippen LogP contribution in [0.1, 0.15) is 92.8 Å². The van der Waals surface area contributed by atoms with Gasteiger partial charge >= 0.3 is 11.9 Å². The van der Waals surface area contributed by atoms with Crippen molar-refractivity contribution in [1.82, 2.24) is 15.7 Å². The zero-order chi connectivity index (χ0) is 48.1. The second-order valence-electron chi connectivity index (χ2n) is 20.2. The second-order valence-corrected chi connectivity index (χ2v) is 20.2. The smallest absolute Gasteiger partial charge is 0.327 e. The Hall–Kier alpha value is -4.38. The molecule has 68 heavy (non-hydrogen) atoms. The molecule has 12 atom stereocenters. The highest BCUT2D eigenvalue weighted by atomic mass is 16.8. The number of hydroxylamine groups is 2. The molecule has 9 rings (SSSR count). The summed E-state index contributed by atoms with van der Waals surface area (Å²) in [6, 6.07) is 12.3. The van der Waals surface area contributed by atoms with Crippen molar-refractivity contribution in [3.05, 3.63) is 76.9 Å². The van der Waals surface area contributed by atoms with Crippen molar-refractivity contribution in [2.24, 2.45) is 17.3 Å². The van der Waals surface area contributed by atoms with Gasteiger partial charge in [0.15, 0.2) is 18.1 Å². The minimum Gasteiger partial charge on any atom is -0.460 e. The number of aliphatic hydroxyl groups is 5. The Bertz CT molecular complexity index is 2200. The monoisotopic (exact) mass is 949 g/mol. The van der Waals surface area contributed by atoms with E-state index in [9.17, 15) is 44.7 Å². The maximum atomic E-state index is 15.0. The lowest BCUT2D eigenvalue weighted by molar-refractivity contribution is -0.298. The van der Waals surface area contributed by atoms with E-state index in [4.69, 9.17) is 33.3 Å². The van der Waals surface area contributed by atoms with Crippen LogP contribution >= 0.6 is 0 Å². The third-order valence-corrected chi connectivity index (χ3v) is 14.1. The van der Waals surface area contributed by atoms with Gasteiger partial charge in [0.25, 0.3) is 5.91 Å². The van der Waals surface area contributed by atoms with Crippen LogP contribution in [-0.4, -0.2) is 153 Å². The van der Waals surface area contributed by atoms with E-state index < -0.39 is 114 Å². The first-order valence-corrected chi connectivity index (χ1v) is 23.7. The molecule has 7 N–H and O–H groups in total. The van der Waals surface area contributed by atoms with Crippen molar-refractivity contribution < 1.29 is 78.0 Å². The average molecular weight is 950 g/mol. The van der Waals surface area contributed by atoms with Gasteiger partial charge in [-0.3, -0.25) is 24.0 Å². The number of esters is 2. The van der Waals surface area contributed by atoms with Crippen LogP contribution in [0.15, 0.2) is 54.6 Å². The molecule has 2 aromatic carbocycles. The highest BCUT2D eigenvalue weighted by Gasteiger charge is 2.78. The van der Waals surface area contributed by atoms with Gasteiger partial charge in [0, 0.05) is 36.8 Å². The Morgan fingerprint density at radius 3 is 2.34 bits per heavy atom. The van der Waals surface area contributed by atoms with Gasteiger partial charge in [0.1, 0.15) is 59.8 Å². The Morgan fingerprint density at radius 1 is 0.941 bits per heavy atom. The first-order chi connectivity index (χ1) is 32.5. The van der Waals surface area contributed by atoms with Gasteiger partial charge in [0.2, 0.25) is 5.91 Å². The molecule has 3 saturated carbocycles. The van der Waals surface area contributed by atoms with Crippen molar-refractivity contribution in [2.45, 2.75) is 157 Å². The minimum atomic E-state index is -1.55. The highest BCUT2D eigenvalue weighted by Crippen LogP contribution is 2.63. The molecule has 4 aliphatic heterocycles. The summed E-state index contributed by atoms with van der Waals surface area (Å²) < 4.78 is 36.3. The molecule has 4 heterocycles. The zero-order valence-corrected chi connectivity index (χ0v) is 38.4. The summed E-state index contributed by atoms with van der Waals surface area (Å²) in [6.45, 7) is 4.48. The van der Waals surface area contributed by atoms with E-state index in [0.29, 0.717) is 5.56 Å². The predicted octanol–water partition coefficient (Wildman–Crippen LogP) is 1.15. The molecule has 19 heteroatoms. The summed E-state index contributed by atoms with van der Waals surface area (Å²) in [7, 11) is 0. The number of nitrogens with zero attached hydrogens (tertiary/aromatic N) is 1. The van der Waals surface area contributed by atoms with Gasteiger partial charge in [-0.25, -0.2) is 0 Å². The number of rotatable bonds is 18. The maximum absolute atomic E-state index is 15.0. The quantitative estimate of drug-likeness (QED) is 0.103. The number of carbonyl (C=O) groups is 4. The van der Waals surface area contributed by atoms with E-state index in [1.807, 2.05) is 24.3 Å². The number of nitrogens with one attached hydrogen (secondary N) is 2. The summed E-state index contributed by atoms with van der Waals surface area (Å²) in [5.41, 5.74) is 0.391. The van der Waals surface area contributed by atoms with Gasteiger partial charge in [-0.2, -0.15) is 5.06 Å². The normalized spacial score (nSPS) is 33.4. The van der Waals surface area contributed by atoms with Gasteiger partial charge in [0.05, 0.1) is 32.4 Å². The van der Waals surface area contributed by atoms with Crippen LogP contribution in [0.3, 0.4) is 0 Å². The van der Waals surface area contributed by atoms with Gasteiger partial charge in [-0.05, 0) is 81.7 Å². The molecule has 19 nitrogen and oxygen atoms in total. The number of benzene rings is 2. The number of aliphatic hydroxyl groups excluding tert-OH is 5. The lowest BCUT2D eigenvalue weighted by Gasteiger charge is -2.48. The number of hydrogen-bond acceptors (Lipinski definition) is 17. The van der Waals surface area contributed by atoms with Crippen molar-refractivity contribution >= 4 is 29.8 Å². The fourth-order valence-corrected chi connectivity index (χ4v) is 10.5. The molecule has 3 aliphatic carbocycles. The molecular weight excluding hydrogens is 887 g/mol. The molecule has 0 unspecified atom stereocenters. The third kappa shape index (κ3) is 9.72. The zero-order valence-electron chi connectivity index (χ0n) is 38.4. The maximum Gasteiger partial charge on any atom is 0.327 e. The van der Waals surface area contributed by atoms with Crippen molar-refractivity contribution in [3.8, 4) is 0 Å². The first-order valence-electron chi connectivity index (χ1n) is 23.7. The molecule has 0 radical (unpaired) electrons. The Morgan fingerprint density at radius 2 is 1.66 bits per heavy atom. The number of carbonyl (C=O) groups excluding carboxylic acids is 4. The summed E-state index contributed by atoms with van der Waals surface area (Å²) >= 11 is 0. The Labute approximate surface area is 393 Å². The number of ether oxygens (including phenoxy) is 6. The average Bonchev–Trinajstić information content (AvgIpc) is 4.27. The SMILES string of the molecule is CC(C)(C)OC(=O)CC[C@@H](CO)NC(=O)c1cccc(CNC(=O)[C@@]23C[C@H]4OC(=O)[C@@H]2N(Cc2ccc(C=CCO[C@H]5O[C@H](CO)[C@H](O)[C@H](O)[C@H]5O)cc2)O[C@@H]3[C@H]2OC(C3CC3)(C3CC3)O[C@H]24)c1. The van der Waals surface area contributed by atoms with Crippen molar-refractivity contribution in [3.63, 3.8) is 0 Å². The summed E-state index contributed by atoms with van der Waals surface area (Å²) in [4.78, 5) is 61.7. The molecule has 2 bridgehead atoms. The fourth-order valence-electron chi connectivity index (χ4n) is 10.5. The fraction of sp³-hybridized carbons (Fsp3) is 0.633. The summed E-state index contributed by atoms with van der Waals surface area (Å²) in [5.74, 6) is -2.31. The summed E-state index contributed by atoms with van der Waals surface area (Å²) in [6.07, 6.45) is -2.18. The molecule has 2 aromatic rings. The molecule has 4 saturated heterocycles. The van der Waals surface area contributed by atoms with Crippen LogP contribution in [0, 0.1) is 17.3 Å². The van der Waals surface area contributed by atoms with E-state index in [-0.39, 0.29) is 63.0 Å². The number of hydrogen-bond donors (Lipinski definition) is 7. The van der Waals surface area contributed by atoms with E-state index in [1.165, 1.54) is 5.06 Å². The van der Waals surface area contributed by atoms with E-state index in [2.05, 4.69) is 10.6 Å². The predicted molar refractivity (Wildman–Crippen MR) is 236 cm³/mol. The minimum absolute atomic E-state index is 0.0103. The van der Waals surface area contributed by atoms with Gasteiger partial charge < -0.3 is 64.6 Å². The number of fused-ring (bicyclic) bond motifs is 4. The largest absolute Gasteiger partial charge is 0.460 e. The van der Waals surface area contributed by atoms with Gasteiger partial charge in [-0.15, -0.1) is 0 Å². The van der Waals surface area contributed by atoms with E-state index >= 15 is 0 Å². The molecule has 7 aliphatic rings. The van der Waals surface area contributed by atoms with Crippen molar-refractivity contribution in [1.29, 1.82) is 0 Å². The lowest BCUT2D eigenvalue weighted by atomic mass is 9.62. The Kier molecular flexibility index (Phi) is 13.9. The van der Waals surface area contributed by atoms with Crippen LogP contribution in [0.5, 0.6) is 0 Å². The lowest BCUT2D eigenvalue weighted by Crippen LogP contribution is -2.69. The van der Waals surface area contributed by atoms with Gasteiger partial charge in [-0.1, -0.05) is 48.6 Å². The van der Waals surface area contributed by atoms with Crippen LogP contribution in [0.2, 0.25) is 0 Å². The van der Waals surface area contributed by atoms with E-state index in [1.54, 1.807) is 57.2 Å². The Balaban J connectivity index is 0.889. The molecular formula is C49H63N3O16. The standard InChI is InChI=1S/C49H63N3O16/c1-47(2,3)65-35(55)18-17-32(24-53)51-43(59)29-8-4-6-28(20-29)22-50-46(61)48-21-33-39-40(67-49(66-39,30-13-14-30)31-15-16-31)42(48)68-52(41(48)44(60)63-33)23-27-11-9-26(10-12-27)7-5-19-62-45-38(58)37(57)36(56)34(25-54)64-45/h4-12,20,30-34,36-42,45,53-54,56-58H,13-19,21-25H2,1-3H3,(H,50,61)(H,51,59)/t32-,33+,34+,36-,37-,38+,39-,40-,41-,42+,45-,48-/m0/s1. The molecule has 7 fully saturated rings. The summed E-state index contributed by atoms with van der Waals surface area (Å²) in [5, 5.41) is 57.2. The van der Waals surface area contributed by atoms with Crippen molar-refractivity contribution in [2.75, 3.05) is 19.8 Å². The first kappa shape index (κ1) is 48.6. The van der Waals surface area contributed by atoms with Crippen LogP contribution in [0.25, 0.3) is 6.08 Å². The van der Waals surface area contributed by atoms with Crippen LogP contribution < -0.4 is 10.6 Å².